The third-order valence-corrected chi connectivity index (χ3v) is 5.17. The van der Waals surface area contributed by atoms with E-state index in [1.807, 2.05) is 37.4 Å². The fourth-order valence-corrected chi connectivity index (χ4v) is 3.86. The lowest BCUT2D eigenvalue weighted by atomic mass is 10.1. The Balaban J connectivity index is 1.54. The third-order valence-electron chi connectivity index (χ3n) is 4.26. The number of anilines is 1. The van der Waals surface area contributed by atoms with E-state index in [2.05, 4.69) is 20.4 Å². The van der Waals surface area contributed by atoms with Gasteiger partial charge in [0.1, 0.15) is 5.01 Å². The third kappa shape index (κ3) is 4.37. The summed E-state index contributed by atoms with van der Waals surface area (Å²) in [6.07, 6.45) is 2.89. The minimum absolute atomic E-state index is 0.186. The zero-order valence-electron chi connectivity index (χ0n) is 13.7. The molecule has 3 rings (SSSR count). The van der Waals surface area contributed by atoms with Crippen molar-refractivity contribution >= 4 is 22.9 Å². The Bertz CT molecular complexity index is 676. The van der Waals surface area contributed by atoms with Crippen molar-refractivity contribution in [2.75, 3.05) is 18.9 Å². The van der Waals surface area contributed by atoms with Crippen LogP contribution < -0.4 is 5.32 Å². The number of benzene rings is 1. The van der Waals surface area contributed by atoms with E-state index in [9.17, 15) is 9.90 Å². The fraction of sp³-hybridized carbons (Fsp3) is 0.471. The summed E-state index contributed by atoms with van der Waals surface area (Å²) in [5.41, 5.74) is 0.742. The molecule has 2 aromatic rings. The number of hydrogen-bond donors (Lipinski definition) is 2. The summed E-state index contributed by atoms with van der Waals surface area (Å²) in [4.78, 5) is 14.3. The van der Waals surface area contributed by atoms with E-state index in [1.165, 1.54) is 11.3 Å². The van der Waals surface area contributed by atoms with Gasteiger partial charge < -0.3 is 10.4 Å². The zero-order valence-corrected chi connectivity index (χ0v) is 14.5. The number of rotatable bonds is 6. The van der Waals surface area contributed by atoms with Crippen molar-refractivity contribution in [3.8, 4) is 0 Å². The van der Waals surface area contributed by atoms with E-state index in [-0.39, 0.29) is 12.0 Å². The second kappa shape index (κ2) is 7.83. The molecular formula is C17H22N4O2S. The zero-order chi connectivity index (χ0) is 16.9. The Hall–Kier alpha value is -1.83. The first-order valence-corrected chi connectivity index (χ1v) is 8.99. The maximum absolute atomic E-state index is 12.2. The van der Waals surface area contributed by atoms with E-state index in [4.69, 9.17) is 0 Å². The quantitative estimate of drug-likeness (QED) is 0.840. The van der Waals surface area contributed by atoms with Crippen LogP contribution in [0, 0.1) is 5.92 Å². The van der Waals surface area contributed by atoms with Crippen molar-refractivity contribution in [3.05, 3.63) is 40.3 Å². The second-order valence-corrected chi connectivity index (χ2v) is 7.34. The van der Waals surface area contributed by atoms with Crippen LogP contribution in [0.15, 0.2) is 30.3 Å². The summed E-state index contributed by atoms with van der Waals surface area (Å²) < 4.78 is 0. The highest BCUT2D eigenvalue weighted by atomic mass is 32.1. The molecule has 7 heteroatoms. The molecule has 1 fully saturated rings. The van der Waals surface area contributed by atoms with Gasteiger partial charge >= 0.3 is 0 Å². The van der Waals surface area contributed by atoms with Gasteiger partial charge in [-0.15, -0.1) is 10.2 Å². The van der Waals surface area contributed by atoms with Crippen LogP contribution in [-0.4, -0.2) is 45.8 Å². The van der Waals surface area contributed by atoms with Crippen LogP contribution in [0.2, 0.25) is 0 Å². The van der Waals surface area contributed by atoms with E-state index < -0.39 is 0 Å². The van der Waals surface area contributed by atoms with Gasteiger partial charge in [-0.05, 0) is 37.9 Å². The highest BCUT2D eigenvalue weighted by Gasteiger charge is 2.26. The van der Waals surface area contributed by atoms with E-state index >= 15 is 0 Å². The lowest BCUT2D eigenvalue weighted by molar-refractivity contribution is 0.102. The molecule has 6 nitrogen and oxygen atoms in total. The lowest BCUT2D eigenvalue weighted by Gasteiger charge is -2.21. The van der Waals surface area contributed by atoms with Crippen molar-refractivity contribution in [2.24, 2.45) is 5.92 Å². The highest BCUT2D eigenvalue weighted by Crippen LogP contribution is 2.26. The van der Waals surface area contributed by atoms with Crippen LogP contribution in [0.1, 0.15) is 34.1 Å². The van der Waals surface area contributed by atoms with Gasteiger partial charge in [0.15, 0.2) is 0 Å². The number of nitrogens with zero attached hydrogens (tertiary/aromatic N) is 3. The summed E-state index contributed by atoms with van der Waals surface area (Å²) in [7, 11) is 2.01. The molecular weight excluding hydrogens is 324 g/mol. The first-order valence-electron chi connectivity index (χ1n) is 8.17. The number of carbonyl (C=O) groups is 1. The molecule has 1 aliphatic rings. The number of aromatic nitrogens is 2. The molecule has 0 bridgehead atoms. The number of aliphatic hydroxyl groups excluding tert-OH is 1. The standard InChI is InChI=1S/C17H22N4O2S/c1-21(10-12-6-5-9-14(12)22)11-15-19-20-17(24-15)16(23)18-13-7-3-2-4-8-13/h2-4,7-8,12,14,22H,5-6,9-11H2,1H3,(H,18,23)/t12-,14+/m0/s1. The molecule has 1 saturated carbocycles. The Labute approximate surface area is 145 Å². The maximum atomic E-state index is 12.2. The van der Waals surface area contributed by atoms with Crippen molar-refractivity contribution in [1.29, 1.82) is 0 Å². The number of carbonyl (C=O) groups excluding carboxylic acids is 1. The Kier molecular flexibility index (Phi) is 5.55. The predicted octanol–water partition coefficient (Wildman–Crippen LogP) is 2.38. The summed E-state index contributed by atoms with van der Waals surface area (Å²) in [6.45, 7) is 1.48. The molecule has 24 heavy (non-hydrogen) atoms. The molecule has 0 unspecified atom stereocenters. The summed E-state index contributed by atoms with van der Waals surface area (Å²) in [6, 6.07) is 9.30. The molecule has 1 aromatic heterocycles. The highest BCUT2D eigenvalue weighted by molar-refractivity contribution is 7.13. The van der Waals surface area contributed by atoms with Gasteiger partial charge in [-0.2, -0.15) is 0 Å². The van der Waals surface area contributed by atoms with E-state index in [0.717, 1.165) is 36.5 Å². The fourth-order valence-electron chi connectivity index (χ4n) is 3.04. The number of nitrogens with one attached hydrogen (secondary N) is 1. The molecule has 128 valence electrons. The number of hydrogen-bond acceptors (Lipinski definition) is 6. The largest absolute Gasteiger partial charge is 0.393 e. The molecule has 0 aliphatic heterocycles. The molecule has 1 aliphatic carbocycles. The SMILES string of the molecule is CN(Cc1nnc(C(=O)Nc2ccccc2)s1)C[C@@H]1CCC[C@H]1O. The number of amides is 1. The summed E-state index contributed by atoms with van der Waals surface area (Å²) in [5.74, 6) is 0.0996. The topological polar surface area (TPSA) is 78.4 Å². The molecule has 1 heterocycles. The van der Waals surface area contributed by atoms with Crippen LogP contribution in [0.25, 0.3) is 0 Å². The minimum Gasteiger partial charge on any atom is -0.393 e. The molecule has 1 amide bonds. The summed E-state index contributed by atoms with van der Waals surface area (Å²) >= 11 is 1.31. The van der Waals surface area contributed by atoms with Crippen LogP contribution in [0.5, 0.6) is 0 Å². The molecule has 2 atom stereocenters. The maximum Gasteiger partial charge on any atom is 0.286 e. The van der Waals surface area contributed by atoms with Gasteiger partial charge in [-0.1, -0.05) is 36.0 Å². The normalized spacial score (nSPS) is 20.5. The van der Waals surface area contributed by atoms with Crippen LogP contribution in [0.4, 0.5) is 5.69 Å². The van der Waals surface area contributed by atoms with Crippen molar-refractivity contribution in [1.82, 2.24) is 15.1 Å². The Morgan fingerprint density at radius 2 is 2.12 bits per heavy atom. The van der Waals surface area contributed by atoms with Crippen molar-refractivity contribution < 1.29 is 9.90 Å². The van der Waals surface area contributed by atoms with E-state index in [1.54, 1.807) is 0 Å². The minimum atomic E-state index is -0.237. The molecule has 0 spiro atoms. The van der Waals surface area contributed by atoms with Gasteiger partial charge in [0.05, 0.1) is 12.6 Å². The smallest absolute Gasteiger partial charge is 0.286 e. The number of aliphatic hydroxyl groups is 1. The van der Waals surface area contributed by atoms with Crippen molar-refractivity contribution in [3.63, 3.8) is 0 Å². The Morgan fingerprint density at radius 1 is 1.33 bits per heavy atom. The average Bonchev–Trinajstić information content (AvgIpc) is 3.18. The van der Waals surface area contributed by atoms with Gasteiger partial charge in [0, 0.05) is 12.2 Å². The molecule has 2 N–H and O–H groups in total. The molecule has 1 aromatic carbocycles. The van der Waals surface area contributed by atoms with Gasteiger partial charge in [0.2, 0.25) is 5.01 Å². The lowest BCUT2D eigenvalue weighted by Crippen LogP contribution is -2.29. The van der Waals surface area contributed by atoms with Gasteiger partial charge in [-0.25, -0.2) is 0 Å². The Morgan fingerprint density at radius 3 is 2.83 bits per heavy atom. The average molecular weight is 346 g/mol. The number of para-hydroxylation sites is 1. The van der Waals surface area contributed by atoms with Crippen LogP contribution in [0.3, 0.4) is 0 Å². The first-order chi connectivity index (χ1) is 11.6. The van der Waals surface area contributed by atoms with Crippen molar-refractivity contribution in [2.45, 2.75) is 31.9 Å². The monoisotopic (exact) mass is 346 g/mol. The summed E-state index contributed by atoms with van der Waals surface area (Å²) in [5, 5.41) is 22.0. The molecule has 0 saturated heterocycles. The second-order valence-electron chi connectivity index (χ2n) is 6.28. The van der Waals surface area contributed by atoms with E-state index in [0.29, 0.717) is 17.5 Å². The predicted molar refractivity (Wildman–Crippen MR) is 94.0 cm³/mol. The van der Waals surface area contributed by atoms with Crippen LogP contribution in [-0.2, 0) is 6.54 Å². The first kappa shape index (κ1) is 17.0. The van der Waals surface area contributed by atoms with Crippen LogP contribution >= 0.6 is 11.3 Å². The molecule has 0 radical (unpaired) electrons. The van der Waals surface area contributed by atoms with Gasteiger partial charge in [-0.3, -0.25) is 9.69 Å². The van der Waals surface area contributed by atoms with Gasteiger partial charge in [0.25, 0.3) is 5.91 Å².